The molecule has 1 aromatic carbocycles. The van der Waals surface area contributed by atoms with Crippen LogP contribution in [0.1, 0.15) is 22.5 Å². The maximum atomic E-state index is 13.0. The molecule has 0 radical (unpaired) electrons. The molecular formula is C14H17F3N4. The molecule has 0 aliphatic carbocycles. The summed E-state index contributed by atoms with van der Waals surface area (Å²) in [5.41, 5.74) is 7.39. The van der Waals surface area contributed by atoms with Crippen LogP contribution in [-0.4, -0.2) is 9.78 Å². The van der Waals surface area contributed by atoms with Gasteiger partial charge in [-0.05, 0) is 32.0 Å². The van der Waals surface area contributed by atoms with Gasteiger partial charge in [0, 0.05) is 36.2 Å². The topological polar surface area (TPSA) is 55.9 Å². The number of nitrogens with one attached hydrogen (secondary N) is 1. The van der Waals surface area contributed by atoms with Gasteiger partial charge < -0.3 is 11.1 Å². The minimum Gasteiger partial charge on any atom is -0.399 e. The SMILES string of the molecule is Cc1nn(C)c(C)c1CNc1ccc(N)cc1C(F)(F)F. The molecule has 21 heavy (non-hydrogen) atoms. The average Bonchev–Trinajstić information content (AvgIpc) is 2.61. The van der Waals surface area contributed by atoms with Crippen LogP contribution >= 0.6 is 0 Å². The van der Waals surface area contributed by atoms with Gasteiger partial charge in [-0.3, -0.25) is 4.68 Å². The van der Waals surface area contributed by atoms with E-state index in [9.17, 15) is 13.2 Å². The van der Waals surface area contributed by atoms with Crippen molar-refractivity contribution in [3.8, 4) is 0 Å². The minimum absolute atomic E-state index is 0.0133. The van der Waals surface area contributed by atoms with Crippen molar-refractivity contribution in [2.24, 2.45) is 7.05 Å². The Labute approximate surface area is 120 Å². The van der Waals surface area contributed by atoms with Crippen molar-refractivity contribution >= 4 is 11.4 Å². The summed E-state index contributed by atoms with van der Waals surface area (Å²) in [4.78, 5) is 0. The first kappa shape index (κ1) is 15.2. The number of benzene rings is 1. The van der Waals surface area contributed by atoms with Gasteiger partial charge in [-0.15, -0.1) is 0 Å². The number of anilines is 2. The molecule has 0 saturated heterocycles. The van der Waals surface area contributed by atoms with Gasteiger partial charge in [0.1, 0.15) is 0 Å². The molecule has 3 N–H and O–H groups in total. The average molecular weight is 298 g/mol. The van der Waals surface area contributed by atoms with Crippen LogP contribution < -0.4 is 11.1 Å². The van der Waals surface area contributed by atoms with E-state index in [-0.39, 0.29) is 17.9 Å². The number of hydrogen-bond acceptors (Lipinski definition) is 3. The summed E-state index contributed by atoms with van der Waals surface area (Å²) in [7, 11) is 1.80. The Morgan fingerprint density at radius 2 is 1.95 bits per heavy atom. The summed E-state index contributed by atoms with van der Waals surface area (Å²) >= 11 is 0. The summed E-state index contributed by atoms with van der Waals surface area (Å²) in [6.45, 7) is 3.99. The molecular weight excluding hydrogens is 281 g/mol. The Hall–Kier alpha value is -2.18. The largest absolute Gasteiger partial charge is 0.418 e. The Morgan fingerprint density at radius 3 is 2.48 bits per heavy atom. The van der Waals surface area contributed by atoms with Gasteiger partial charge in [-0.25, -0.2) is 0 Å². The number of nitrogens with two attached hydrogens (primary N) is 1. The number of alkyl halides is 3. The Kier molecular flexibility index (Phi) is 3.85. The highest BCUT2D eigenvalue weighted by molar-refractivity contribution is 5.59. The number of rotatable bonds is 3. The van der Waals surface area contributed by atoms with Crippen molar-refractivity contribution in [2.75, 3.05) is 11.1 Å². The molecule has 0 amide bonds. The third-order valence-electron chi connectivity index (χ3n) is 3.46. The molecule has 0 bridgehead atoms. The lowest BCUT2D eigenvalue weighted by atomic mass is 10.1. The fourth-order valence-corrected chi connectivity index (χ4v) is 2.21. The lowest BCUT2D eigenvalue weighted by Gasteiger charge is -2.15. The number of nitrogens with zero attached hydrogens (tertiary/aromatic N) is 2. The highest BCUT2D eigenvalue weighted by Crippen LogP contribution is 2.36. The van der Waals surface area contributed by atoms with Crippen LogP contribution in [0.2, 0.25) is 0 Å². The molecule has 4 nitrogen and oxygen atoms in total. The lowest BCUT2D eigenvalue weighted by Crippen LogP contribution is -2.12. The van der Waals surface area contributed by atoms with Crippen molar-refractivity contribution in [1.82, 2.24) is 9.78 Å². The van der Waals surface area contributed by atoms with E-state index in [4.69, 9.17) is 5.73 Å². The first-order valence-electron chi connectivity index (χ1n) is 6.40. The zero-order valence-electron chi connectivity index (χ0n) is 12.0. The highest BCUT2D eigenvalue weighted by atomic mass is 19.4. The number of halogens is 3. The molecule has 0 fully saturated rings. The number of aryl methyl sites for hydroxylation is 2. The number of nitrogen functional groups attached to an aromatic ring is 1. The summed E-state index contributed by atoms with van der Waals surface area (Å²) in [5, 5.41) is 7.07. The van der Waals surface area contributed by atoms with E-state index in [1.54, 1.807) is 11.7 Å². The molecule has 0 unspecified atom stereocenters. The normalized spacial score (nSPS) is 11.7. The van der Waals surface area contributed by atoms with E-state index < -0.39 is 11.7 Å². The third-order valence-corrected chi connectivity index (χ3v) is 3.46. The van der Waals surface area contributed by atoms with E-state index in [2.05, 4.69) is 10.4 Å². The van der Waals surface area contributed by atoms with Crippen molar-refractivity contribution in [3.63, 3.8) is 0 Å². The van der Waals surface area contributed by atoms with E-state index in [1.165, 1.54) is 12.1 Å². The second-order valence-electron chi connectivity index (χ2n) is 4.93. The lowest BCUT2D eigenvalue weighted by molar-refractivity contribution is -0.136. The second kappa shape index (κ2) is 5.31. The maximum Gasteiger partial charge on any atom is 0.418 e. The van der Waals surface area contributed by atoms with Crippen LogP contribution in [0.3, 0.4) is 0 Å². The Balaban J connectivity index is 2.28. The van der Waals surface area contributed by atoms with Crippen molar-refractivity contribution in [1.29, 1.82) is 0 Å². The summed E-state index contributed by atoms with van der Waals surface area (Å²) in [6, 6.07) is 3.73. The monoisotopic (exact) mass is 298 g/mol. The molecule has 0 atom stereocenters. The maximum absolute atomic E-state index is 13.0. The molecule has 0 aliphatic rings. The van der Waals surface area contributed by atoms with Crippen molar-refractivity contribution < 1.29 is 13.2 Å². The first-order chi connectivity index (χ1) is 9.70. The van der Waals surface area contributed by atoms with Gasteiger partial charge in [-0.2, -0.15) is 18.3 Å². The van der Waals surface area contributed by atoms with E-state index in [0.29, 0.717) is 0 Å². The quantitative estimate of drug-likeness (QED) is 0.855. The standard InChI is InChI=1S/C14H17F3N4/c1-8-11(9(2)21(3)20-8)7-19-13-5-4-10(18)6-12(13)14(15,16)17/h4-6,19H,7,18H2,1-3H3. The zero-order chi connectivity index (χ0) is 15.8. The molecule has 1 aromatic heterocycles. The minimum atomic E-state index is -4.45. The highest BCUT2D eigenvalue weighted by Gasteiger charge is 2.33. The molecule has 1 heterocycles. The molecule has 0 spiro atoms. The molecule has 0 aliphatic heterocycles. The van der Waals surface area contributed by atoms with Gasteiger partial charge in [-0.1, -0.05) is 0 Å². The van der Waals surface area contributed by atoms with Crippen LogP contribution in [0.5, 0.6) is 0 Å². The van der Waals surface area contributed by atoms with Crippen LogP contribution in [0.25, 0.3) is 0 Å². The first-order valence-corrected chi connectivity index (χ1v) is 6.40. The Bertz CT molecular complexity index is 659. The van der Waals surface area contributed by atoms with Gasteiger partial charge in [0.05, 0.1) is 11.3 Å². The van der Waals surface area contributed by atoms with Crippen LogP contribution in [0.4, 0.5) is 24.5 Å². The predicted molar refractivity (Wildman–Crippen MR) is 75.9 cm³/mol. The van der Waals surface area contributed by atoms with Crippen LogP contribution in [0.15, 0.2) is 18.2 Å². The fraction of sp³-hybridized carbons (Fsp3) is 0.357. The fourth-order valence-electron chi connectivity index (χ4n) is 2.21. The summed E-state index contributed by atoms with van der Waals surface area (Å²) in [6.07, 6.45) is -4.45. The number of hydrogen-bond donors (Lipinski definition) is 2. The van der Waals surface area contributed by atoms with Crippen molar-refractivity contribution in [3.05, 3.63) is 40.7 Å². The van der Waals surface area contributed by atoms with E-state index >= 15 is 0 Å². The predicted octanol–water partition coefficient (Wildman–Crippen LogP) is 3.25. The smallest absolute Gasteiger partial charge is 0.399 e. The third kappa shape index (κ3) is 3.12. The van der Waals surface area contributed by atoms with Gasteiger partial charge >= 0.3 is 6.18 Å². The van der Waals surface area contributed by atoms with Crippen molar-refractivity contribution in [2.45, 2.75) is 26.6 Å². The molecule has 114 valence electrons. The second-order valence-corrected chi connectivity index (χ2v) is 4.93. The van der Waals surface area contributed by atoms with Gasteiger partial charge in [0.2, 0.25) is 0 Å². The summed E-state index contributed by atoms with van der Waals surface area (Å²) in [5.74, 6) is 0. The molecule has 2 aromatic rings. The van der Waals surface area contributed by atoms with Gasteiger partial charge in [0.15, 0.2) is 0 Å². The molecule has 7 heteroatoms. The van der Waals surface area contributed by atoms with E-state index in [0.717, 1.165) is 23.0 Å². The van der Waals surface area contributed by atoms with Crippen LogP contribution in [-0.2, 0) is 19.8 Å². The Morgan fingerprint density at radius 1 is 1.29 bits per heavy atom. The molecule has 0 saturated carbocycles. The van der Waals surface area contributed by atoms with E-state index in [1.807, 2.05) is 13.8 Å². The number of aromatic nitrogens is 2. The zero-order valence-corrected chi connectivity index (χ0v) is 12.0. The molecule has 2 rings (SSSR count). The van der Waals surface area contributed by atoms with Crippen LogP contribution in [0, 0.1) is 13.8 Å². The summed E-state index contributed by atoms with van der Waals surface area (Å²) < 4.78 is 40.7. The van der Waals surface area contributed by atoms with Gasteiger partial charge in [0.25, 0.3) is 0 Å².